The molecule has 4 nitrogen and oxygen atoms in total. The van der Waals surface area contributed by atoms with E-state index in [9.17, 15) is 9.59 Å². The van der Waals surface area contributed by atoms with E-state index in [1.807, 2.05) is 48.5 Å². The van der Waals surface area contributed by atoms with Crippen molar-refractivity contribution in [2.75, 3.05) is 12.4 Å². The molecular weight excluding hydrogens is 443 g/mol. The summed E-state index contributed by atoms with van der Waals surface area (Å²) in [6.07, 6.45) is 1.88. The highest BCUT2D eigenvalue weighted by Crippen LogP contribution is 2.33. The van der Waals surface area contributed by atoms with Crippen molar-refractivity contribution in [2.45, 2.75) is 22.5 Å². The van der Waals surface area contributed by atoms with Gasteiger partial charge in [0.1, 0.15) is 4.32 Å². The first-order valence-electron chi connectivity index (χ1n) is 8.90. The normalized spacial score (nSPS) is 14.9. The fourth-order valence-electron chi connectivity index (χ4n) is 2.55. The summed E-state index contributed by atoms with van der Waals surface area (Å²) in [5.41, 5.74) is 2.14. The van der Waals surface area contributed by atoms with Gasteiger partial charge in [-0.3, -0.25) is 9.59 Å². The molecule has 0 aliphatic carbocycles. The predicted molar refractivity (Wildman–Crippen MR) is 126 cm³/mol. The second-order valence-electron chi connectivity index (χ2n) is 5.88. The summed E-state index contributed by atoms with van der Waals surface area (Å²) in [6, 6.07) is 16.0. The third kappa shape index (κ3) is 6.37. The molecule has 0 atom stereocenters. The number of rotatable bonds is 8. The summed E-state index contributed by atoms with van der Waals surface area (Å²) in [5, 5.41) is 2.64. The molecule has 0 saturated carbocycles. The van der Waals surface area contributed by atoms with Crippen molar-refractivity contribution in [3.8, 4) is 0 Å². The lowest BCUT2D eigenvalue weighted by molar-refractivity contribution is -0.139. The van der Waals surface area contributed by atoms with E-state index in [0.717, 1.165) is 26.7 Å². The summed E-state index contributed by atoms with van der Waals surface area (Å²) in [6.45, 7) is 2.20. The molecular formula is C21H19NO3S4. The second-order valence-corrected chi connectivity index (χ2v) is 9.63. The number of carbonyl (C=O) groups is 2. The Labute approximate surface area is 188 Å². The zero-order valence-electron chi connectivity index (χ0n) is 15.7. The Kier molecular flexibility index (Phi) is 8.23. The van der Waals surface area contributed by atoms with Crippen LogP contribution < -0.4 is 5.32 Å². The van der Waals surface area contributed by atoms with Gasteiger partial charge in [-0.2, -0.15) is 0 Å². The SMILES string of the molecule is CCOC(=O)CSc1ccccc1CSc1ccccc1C=C1SC(=S)NC1=O. The molecule has 0 unspecified atom stereocenters. The first-order chi connectivity index (χ1) is 14.1. The molecule has 1 amide bonds. The highest BCUT2D eigenvalue weighted by atomic mass is 32.2. The fraction of sp³-hybridized carbons (Fsp3) is 0.190. The Morgan fingerprint density at radius 1 is 1.14 bits per heavy atom. The Bertz CT molecular complexity index is 958. The van der Waals surface area contributed by atoms with Crippen LogP contribution in [0.5, 0.6) is 0 Å². The Morgan fingerprint density at radius 2 is 1.86 bits per heavy atom. The average Bonchev–Trinajstić information content (AvgIpc) is 3.03. The van der Waals surface area contributed by atoms with E-state index in [1.165, 1.54) is 23.5 Å². The lowest BCUT2D eigenvalue weighted by Gasteiger charge is -2.10. The van der Waals surface area contributed by atoms with Crippen LogP contribution in [0.3, 0.4) is 0 Å². The molecule has 1 fully saturated rings. The summed E-state index contributed by atoms with van der Waals surface area (Å²) < 4.78 is 5.50. The van der Waals surface area contributed by atoms with Gasteiger partial charge in [0.05, 0.1) is 17.3 Å². The lowest BCUT2D eigenvalue weighted by Crippen LogP contribution is -2.17. The summed E-state index contributed by atoms with van der Waals surface area (Å²) in [7, 11) is 0. The van der Waals surface area contributed by atoms with Gasteiger partial charge in [-0.05, 0) is 36.3 Å². The van der Waals surface area contributed by atoms with Crippen molar-refractivity contribution in [1.82, 2.24) is 5.32 Å². The number of benzene rings is 2. The number of hydrogen-bond donors (Lipinski definition) is 1. The van der Waals surface area contributed by atoms with Crippen LogP contribution in [0.15, 0.2) is 63.2 Å². The number of carbonyl (C=O) groups excluding carboxylic acids is 2. The molecule has 8 heteroatoms. The molecule has 1 aliphatic heterocycles. The predicted octanol–water partition coefficient (Wildman–Crippen LogP) is 5.12. The summed E-state index contributed by atoms with van der Waals surface area (Å²) in [5.74, 6) is 0.691. The average molecular weight is 462 g/mol. The van der Waals surface area contributed by atoms with Gasteiger partial charge in [0, 0.05) is 15.5 Å². The van der Waals surface area contributed by atoms with E-state index in [0.29, 0.717) is 21.6 Å². The second kappa shape index (κ2) is 10.9. The van der Waals surface area contributed by atoms with E-state index in [4.69, 9.17) is 17.0 Å². The van der Waals surface area contributed by atoms with Crippen molar-refractivity contribution in [3.05, 3.63) is 64.6 Å². The molecule has 0 spiro atoms. The number of amides is 1. The zero-order chi connectivity index (χ0) is 20.6. The molecule has 29 heavy (non-hydrogen) atoms. The Hall–Kier alpha value is -1.74. The quantitative estimate of drug-likeness (QED) is 0.253. The molecule has 1 N–H and O–H groups in total. The first kappa shape index (κ1) is 22.0. The van der Waals surface area contributed by atoms with Crippen LogP contribution >= 0.6 is 47.5 Å². The van der Waals surface area contributed by atoms with Crippen molar-refractivity contribution >= 4 is 69.8 Å². The molecule has 0 bridgehead atoms. The number of esters is 1. The minimum Gasteiger partial charge on any atom is -0.465 e. The largest absolute Gasteiger partial charge is 0.465 e. The minimum atomic E-state index is -0.206. The van der Waals surface area contributed by atoms with Crippen molar-refractivity contribution in [3.63, 3.8) is 0 Å². The Balaban J connectivity index is 1.71. The number of thioether (sulfide) groups is 3. The maximum Gasteiger partial charge on any atom is 0.316 e. The van der Waals surface area contributed by atoms with E-state index >= 15 is 0 Å². The summed E-state index contributed by atoms with van der Waals surface area (Å²) in [4.78, 5) is 26.4. The smallest absolute Gasteiger partial charge is 0.316 e. The highest BCUT2D eigenvalue weighted by molar-refractivity contribution is 8.26. The fourth-order valence-corrected chi connectivity index (χ4v) is 5.57. The number of thiocarbonyl (C=S) groups is 1. The molecule has 1 saturated heterocycles. The van der Waals surface area contributed by atoms with Crippen LogP contribution in [0, 0.1) is 0 Å². The molecule has 1 heterocycles. The molecule has 2 aromatic rings. The van der Waals surface area contributed by atoms with Crippen molar-refractivity contribution in [1.29, 1.82) is 0 Å². The molecule has 0 radical (unpaired) electrons. The minimum absolute atomic E-state index is 0.152. The van der Waals surface area contributed by atoms with Crippen LogP contribution in [-0.4, -0.2) is 28.6 Å². The van der Waals surface area contributed by atoms with Gasteiger partial charge >= 0.3 is 5.97 Å². The number of ether oxygens (including phenoxy) is 1. The molecule has 150 valence electrons. The van der Waals surface area contributed by atoms with E-state index in [-0.39, 0.29) is 11.9 Å². The van der Waals surface area contributed by atoms with Crippen LogP contribution in [0.4, 0.5) is 0 Å². The van der Waals surface area contributed by atoms with Gasteiger partial charge in [0.2, 0.25) is 0 Å². The van der Waals surface area contributed by atoms with Gasteiger partial charge in [-0.1, -0.05) is 60.4 Å². The maximum absolute atomic E-state index is 12.0. The van der Waals surface area contributed by atoms with Gasteiger partial charge in [0.25, 0.3) is 5.91 Å². The lowest BCUT2D eigenvalue weighted by atomic mass is 10.2. The molecule has 3 rings (SSSR count). The highest BCUT2D eigenvalue weighted by Gasteiger charge is 2.22. The van der Waals surface area contributed by atoms with Crippen LogP contribution in [0.2, 0.25) is 0 Å². The Morgan fingerprint density at radius 3 is 2.59 bits per heavy atom. The van der Waals surface area contributed by atoms with E-state index in [1.54, 1.807) is 18.7 Å². The zero-order valence-corrected chi connectivity index (χ0v) is 18.9. The topological polar surface area (TPSA) is 55.4 Å². The third-order valence-corrected chi connectivity index (χ3v) is 7.24. The van der Waals surface area contributed by atoms with Crippen LogP contribution in [-0.2, 0) is 20.1 Å². The number of nitrogens with one attached hydrogen (secondary N) is 1. The van der Waals surface area contributed by atoms with Crippen LogP contribution in [0.25, 0.3) is 6.08 Å². The van der Waals surface area contributed by atoms with Gasteiger partial charge in [-0.15, -0.1) is 23.5 Å². The monoisotopic (exact) mass is 461 g/mol. The van der Waals surface area contributed by atoms with E-state index < -0.39 is 0 Å². The van der Waals surface area contributed by atoms with Crippen molar-refractivity contribution < 1.29 is 14.3 Å². The molecule has 0 aromatic heterocycles. The van der Waals surface area contributed by atoms with Crippen LogP contribution in [0.1, 0.15) is 18.1 Å². The maximum atomic E-state index is 12.0. The summed E-state index contributed by atoms with van der Waals surface area (Å²) >= 11 is 9.53. The van der Waals surface area contributed by atoms with Gasteiger partial charge in [0.15, 0.2) is 0 Å². The van der Waals surface area contributed by atoms with Crippen molar-refractivity contribution in [2.24, 2.45) is 0 Å². The molecule has 2 aromatic carbocycles. The third-order valence-electron chi connectivity index (χ3n) is 3.85. The van der Waals surface area contributed by atoms with Gasteiger partial charge < -0.3 is 10.1 Å². The standard InChI is InChI=1S/C21H19NO3S4/c1-2-25-19(23)13-28-17-10-6-4-8-15(17)12-27-16-9-5-3-7-14(16)11-18-20(24)22-21(26)29-18/h3-11H,2,12-13H2,1H3,(H,22,24,26). The van der Waals surface area contributed by atoms with E-state index in [2.05, 4.69) is 11.4 Å². The molecule has 1 aliphatic rings. The first-order valence-corrected chi connectivity index (χ1v) is 12.1. The van der Waals surface area contributed by atoms with Gasteiger partial charge in [-0.25, -0.2) is 0 Å². The number of hydrogen-bond acceptors (Lipinski definition) is 7.